The van der Waals surface area contributed by atoms with Crippen molar-refractivity contribution < 1.29 is 56.3 Å². The predicted octanol–water partition coefficient (Wildman–Crippen LogP) is 4.21. The molecule has 56 heavy (non-hydrogen) atoms. The van der Waals surface area contributed by atoms with Gasteiger partial charge in [0.25, 0.3) is 17.5 Å². The summed E-state index contributed by atoms with van der Waals surface area (Å²) in [4.78, 5) is 84.7. The number of halogens is 3. The summed E-state index contributed by atoms with van der Waals surface area (Å²) in [5, 5.41) is 20.8. The monoisotopic (exact) mass is 791 g/mol. The number of imide groups is 1. The van der Waals surface area contributed by atoms with Gasteiger partial charge in [-0.3, -0.25) is 39.5 Å². The molecule has 1 heterocycles. The van der Waals surface area contributed by atoms with Crippen molar-refractivity contribution in [2.75, 3.05) is 18.4 Å². The van der Waals surface area contributed by atoms with Crippen molar-refractivity contribution in [3.63, 3.8) is 0 Å². The van der Waals surface area contributed by atoms with E-state index in [4.69, 9.17) is 15.2 Å². The SMILES string of the molecule is CC(C)C(NC(CCCCCN1C(=O)C=CC1=O)C(F)(F)F)C(=O)N[C@@H](CCCNC(N)=O)C(=O)Nc1ccc(COC(=O)Oc2ccc([N+](=O)[O-])cc2)cc1. The van der Waals surface area contributed by atoms with E-state index in [9.17, 15) is 52.1 Å². The zero-order valence-electron chi connectivity index (χ0n) is 30.6. The number of nitrogens with one attached hydrogen (secondary N) is 4. The van der Waals surface area contributed by atoms with E-state index < -0.39 is 71.0 Å². The largest absolute Gasteiger partial charge is 0.514 e. The number of urea groups is 1. The first-order valence-electron chi connectivity index (χ1n) is 17.6. The average molecular weight is 792 g/mol. The number of nitro groups is 1. The van der Waals surface area contributed by atoms with Crippen LogP contribution in [-0.4, -0.2) is 83.0 Å². The van der Waals surface area contributed by atoms with E-state index in [0.717, 1.165) is 29.2 Å². The topological polar surface area (TPSA) is 241 Å². The van der Waals surface area contributed by atoms with Crippen molar-refractivity contribution in [3.8, 4) is 5.75 Å². The molecule has 304 valence electrons. The number of amides is 6. The smallest absolute Gasteiger partial charge is 0.429 e. The molecule has 0 saturated carbocycles. The molecule has 0 bridgehead atoms. The van der Waals surface area contributed by atoms with Gasteiger partial charge in [-0.05, 0) is 61.4 Å². The fourth-order valence-corrected chi connectivity index (χ4v) is 5.44. The van der Waals surface area contributed by atoms with E-state index >= 15 is 0 Å². The molecule has 3 atom stereocenters. The number of alkyl halides is 3. The Balaban J connectivity index is 1.59. The van der Waals surface area contributed by atoms with Crippen LogP contribution < -0.4 is 31.7 Å². The molecule has 2 aromatic rings. The van der Waals surface area contributed by atoms with Gasteiger partial charge in [-0.15, -0.1) is 0 Å². The first-order chi connectivity index (χ1) is 26.4. The Morgan fingerprint density at radius 3 is 2.11 bits per heavy atom. The fraction of sp³-hybridized carbons (Fsp3) is 0.444. The molecular formula is C36H44F3N7O10. The zero-order chi connectivity index (χ0) is 41.4. The highest BCUT2D eigenvalue weighted by Gasteiger charge is 2.42. The number of anilines is 1. The Morgan fingerprint density at radius 1 is 0.893 bits per heavy atom. The first-order valence-corrected chi connectivity index (χ1v) is 17.6. The number of nitrogens with zero attached hydrogens (tertiary/aromatic N) is 2. The summed E-state index contributed by atoms with van der Waals surface area (Å²) in [5.74, 6) is -3.12. The molecule has 6 N–H and O–H groups in total. The van der Waals surface area contributed by atoms with Crippen LogP contribution >= 0.6 is 0 Å². The summed E-state index contributed by atoms with van der Waals surface area (Å²) < 4.78 is 52.5. The number of hydrogen-bond donors (Lipinski definition) is 5. The number of carbonyl (C=O) groups is 6. The minimum atomic E-state index is -4.72. The molecule has 0 aliphatic carbocycles. The lowest BCUT2D eigenvalue weighted by atomic mass is 9.99. The van der Waals surface area contributed by atoms with Crippen LogP contribution in [0.1, 0.15) is 57.9 Å². The predicted molar refractivity (Wildman–Crippen MR) is 194 cm³/mol. The number of hydrogen-bond acceptors (Lipinski definition) is 11. The van der Waals surface area contributed by atoms with Crippen molar-refractivity contribution in [2.24, 2.45) is 11.7 Å². The molecule has 2 unspecified atom stereocenters. The second kappa shape index (κ2) is 21.1. The van der Waals surface area contributed by atoms with Crippen molar-refractivity contribution >= 4 is 47.2 Å². The molecule has 2 aromatic carbocycles. The third-order valence-corrected chi connectivity index (χ3v) is 8.43. The Bertz CT molecular complexity index is 1720. The summed E-state index contributed by atoms with van der Waals surface area (Å²) in [6.45, 7) is 3.00. The standard InChI is InChI=1S/C36H44F3N7O10/c1-22(2)31(44-28(36(37,38)39)8-4-3-5-20-45-29(47)17-18-30(45)48)33(50)43-27(7-6-19-41-34(40)51)32(49)42-24-11-9-23(10-12-24)21-55-35(52)56-26-15-13-25(14-16-26)46(53)54/h9-18,22,27-28,31,44H,3-8,19-21H2,1-2H3,(H,42,49)(H,43,50)(H3,40,41,51)/t27-,28?,31?/m0/s1. The molecule has 6 amide bonds. The van der Waals surface area contributed by atoms with Gasteiger partial charge in [0.15, 0.2) is 0 Å². The summed E-state index contributed by atoms with van der Waals surface area (Å²) in [5.41, 5.74) is 5.68. The molecule has 0 fully saturated rings. The highest BCUT2D eigenvalue weighted by Crippen LogP contribution is 2.26. The molecule has 1 aliphatic heterocycles. The van der Waals surface area contributed by atoms with E-state index in [1.165, 1.54) is 36.4 Å². The van der Waals surface area contributed by atoms with E-state index in [1.54, 1.807) is 13.8 Å². The van der Waals surface area contributed by atoms with Crippen LogP contribution in [0.3, 0.4) is 0 Å². The third kappa shape index (κ3) is 14.6. The van der Waals surface area contributed by atoms with Gasteiger partial charge in [0, 0.05) is 43.1 Å². The van der Waals surface area contributed by atoms with Gasteiger partial charge in [-0.25, -0.2) is 9.59 Å². The van der Waals surface area contributed by atoms with Gasteiger partial charge in [-0.2, -0.15) is 13.2 Å². The highest BCUT2D eigenvalue weighted by atomic mass is 19.4. The first kappa shape index (κ1) is 44.3. The molecule has 0 spiro atoms. The van der Waals surface area contributed by atoms with Crippen molar-refractivity contribution in [1.29, 1.82) is 0 Å². The van der Waals surface area contributed by atoms with Crippen molar-refractivity contribution in [3.05, 3.63) is 76.4 Å². The van der Waals surface area contributed by atoms with Crippen LogP contribution in [0.15, 0.2) is 60.7 Å². The van der Waals surface area contributed by atoms with E-state index in [1.807, 2.05) is 0 Å². The lowest BCUT2D eigenvalue weighted by Crippen LogP contribution is -2.58. The highest BCUT2D eigenvalue weighted by molar-refractivity contribution is 6.12. The van der Waals surface area contributed by atoms with Gasteiger partial charge >= 0.3 is 18.4 Å². The number of rotatable bonds is 21. The molecule has 1 aliphatic rings. The molecule has 17 nitrogen and oxygen atoms in total. The normalized spacial score (nSPS) is 14.2. The lowest BCUT2D eigenvalue weighted by molar-refractivity contribution is -0.384. The van der Waals surface area contributed by atoms with Gasteiger partial charge in [0.2, 0.25) is 11.8 Å². The maximum Gasteiger partial charge on any atom is 0.514 e. The van der Waals surface area contributed by atoms with E-state index in [-0.39, 0.29) is 68.9 Å². The molecule has 0 saturated heterocycles. The molecule has 3 rings (SSSR count). The summed E-state index contributed by atoms with van der Waals surface area (Å²) >= 11 is 0. The summed E-state index contributed by atoms with van der Waals surface area (Å²) in [6.07, 6.45) is -3.10. The molecular weight excluding hydrogens is 747 g/mol. The number of ether oxygens (including phenoxy) is 2. The number of primary amides is 1. The van der Waals surface area contributed by atoms with Crippen LogP contribution in [0.2, 0.25) is 0 Å². The van der Waals surface area contributed by atoms with Crippen LogP contribution in [0.5, 0.6) is 5.75 Å². The molecule has 0 radical (unpaired) electrons. The van der Waals surface area contributed by atoms with Gasteiger partial charge in [0.05, 0.1) is 11.0 Å². The van der Waals surface area contributed by atoms with E-state index in [0.29, 0.717) is 12.0 Å². The molecule has 20 heteroatoms. The van der Waals surface area contributed by atoms with Gasteiger partial charge in [-0.1, -0.05) is 38.8 Å². The quantitative estimate of drug-likeness (QED) is 0.0300. The Labute approximate surface area is 319 Å². The van der Waals surface area contributed by atoms with Gasteiger partial charge in [0.1, 0.15) is 24.4 Å². The second-order valence-electron chi connectivity index (χ2n) is 13.1. The van der Waals surface area contributed by atoms with Crippen molar-refractivity contribution in [2.45, 2.75) is 83.3 Å². The number of benzene rings is 2. The summed E-state index contributed by atoms with van der Waals surface area (Å²) in [7, 11) is 0. The Hall–Kier alpha value is -6.05. The number of unbranched alkanes of at least 4 members (excludes halogenated alkanes) is 2. The van der Waals surface area contributed by atoms with Crippen molar-refractivity contribution in [1.82, 2.24) is 20.9 Å². The van der Waals surface area contributed by atoms with Crippen LogP contribution in [0.4, 0.5) is 34.1 Å². The lowest BCUT2D eigenvalue weighted by Gasteiger charge is -2.30. The summed E-state index contributed by atoms with van der Waals surface area (Å²) in [6, 6.07) is 5.30. The third-order valence-electron chi connectivity index (χ3n) is 8.43. The minimum absolute atomic E-state index is 0.0221. The maximum atomic E-state index is 14.1. The van der Waals surface area contributed by atoms with Gasteiger partial charge < -0.3 is 31.2 Å². The zero-order valence-corrected chi connectivity index (χ0v) is 30.6. The van der Waals surface area contributed by atoms with Crippen LogP contribution in [0.25, 0.3) is 0 Å². The minimum Gasteiger partial charge on any atom is -0.429 e. The number of carbonyl (C=O) groups excluding carboxylic acids is 6. The number of nitrogens with two attached hydrogens (primary N) is 1. The van der Waals surface area contributed by atoms with Crippen LogP contribution in [0, 0.1) is 16.0 Å². The number of non-ortho nitro benzene ring substituents is 1. The maximum absolute atomic E-state index is 14.1. The second-order valence-corrected chi connectivity index (χ2v) is 13.1. The van der Waals surface area contributed by atoms with Crippen LogP contribution in [-0.2, 0) is 30.5 Å². The Kier molecular flexibility index (Phi) is 16.7. The fourth-order valence-electron chi connectivity index (χ4n) is 5.44. The van der Waals surface area contributed by atoms with E-state index in [2.05, 4.69) is 21.3 Å². The average Bonchev–Trinajstić information content (AvgIpc) is 3.45. The number of nitro benzene ring substituents is 1. The molecule has 0 aromatic heterocycles. The Morgan fingerprint density at radius 2 is 1.54 bits per heavy atom.